The molecule has 9 heteroatoms. The molecule has 0 bridgehead atoms. The van der Waals surface area contributed by atoms with Crippen LogP contribution in [0.5, 0.6) is 0 Å². The second-order valence-electron chi connectivity index (χ2n) is 8.31. The molecule has 2 N–H and O–H groups in total. The number of aliphatic carboxylic acids is 1. The molecular formula is C25H32N2O5S2. The predicted molar refractivity (Wildman–Crippen MR) is 135 cm³/mol. The zero-order valence-corrected chi connectivity index (χ0v) is 21.0. The predicted octanol–water partition coefficient (Wildman–Crippen LogP) is 3.75. The van der Waals surface area contributed by atoms with Crippen molar-refractivity contribution in [3.05, 3.63) is 58.3 Å². The molecule has 3 rings (SSSR count). The fraction of sp³-hybridized carbons (Fsp3) is 0.480. The number of nitrogens with zero attached hydrogens (tertiary/aromatic N) is 1. The number of nitrogens with one attached hydrogen (secondary N) is 1. The molecule has 0 aliphatic carbocycles. The number of aryl methyl sites for hydroxylation is 1. The lowest BCUT2D eigenvalue weighted by Gasteiger charge is -2.27. The number of rotatable bonds is 12. The maximum Gasteiger partial charge on any atom is 0.323 e. The van der Waals surface area contributed by atoms with Gasteiger partial charge in [-0.2, -0.15) is 11.3 Å². The quantitative estimate of drug-likeness (QED) is 0.336. The molecule has 2 heterocycles. The molecule has 1 saturated heterocycles. The van der Waals surface area contributed by atoms with Crippen molar-refractivity contribution in [1.82, 2.24) is 10.2 Å². The van der Waals surface area contributed by atoms with Gasteiger partial charge in [-0.1, -0.05) is 43.7 Å². The van der Waals surface area contributed by atoms with E-state index in [1.807, 2.05) is 54.1 Å². The Bertz CT molecular complexity index is 923. The van der Waals surface area contributed by atoms with Crippen LogP contribution in [0.4, 0.5) is 0 Å². The third-order valence-electron chi connectivity index (χ3n) is 5.69. The number of hydrogen-bond acceptors (Lipinski definition) is 7. The van der Waals surface area contributed by atoms with E-state index in [2.05, 4.69) is 5.32 Å². The van der Waals surface area contributed by atoms with Crippen LogP contribution in [-0.2, 0) is 25.5 Å². The smallest absolute Gasteiger partial charge is 0.323 e. The van der Waals surface area contributed by atoms with Gasteiger partial charge in [0.2, 0.25) is 5.91 Å². The lowest BCUT2D eigenvalue weighted by atomic mass is 10.0. The topological polar surface area (TPSA) is 95.9 Å². The summed E-state index contributed by atoms with van der Waals surface area (Å²) in [6, 6.07) is 10.5. The largest absolute Gasteiger partial charge is 0.480 e. The van der Waals surface area contributed by atoms with E-state index in [1.165, 1.54) is 4.90 Å². The fourth-order valence-corrected chi connectivity index (χ4v) is 5.91. The first-order chi connectivity index (χ1) is 16.5. The maximum atomic E-state index is 13.3. The Kier molecular flexibility index (Phi) is 10.4. The van der Waals surface area contributed by atoms with Crippen molar-refractivity contribution in [2.75, 3.05) is 25.4 Å². The Balaban J connectivity index is 1.74. The zero-order chi connectivity index (χ0) is 24.3. The summed E-state index contributed by atoms with van der Waals surface area (Å²) in [7, 11) is 0. The van der Waals surface area contributed by atoms with Gasteiger partial charge in [0.25, 0.3) is 0 Å². The molecule has 1 aliphatic rings. The highest BCUT2D eigenvalue weighted by molar-refractivity contribution is 7.99. The van der Waals surface area contributed by atoms with E-state index in [0.29, 0.717) is 31.7 Å². The minimum atomic E-state index is -1.05. The summed E-state index contributed by atoms with van der Waals surface area (Å²) in [5, 5.41) is 16.6. The highest BCUT2D eigenvalue weighted by Gasteiger charge is 2.35. The van der Waals surface area contributed by atoms with E-state index in [-0.39, 0.29) is 23.7 Å². The van der Waals surface area contributed by atoms with Gasteiger partial charge < -0.3 is 14.7 Å². The third-order valence-corrected chi connectivity index (χ3v) is 7.75. The summed E-state index contributed by atoms with van der Waals surface area (Å²) in [6.07, 6.45) is 2.84. The SMILES string of the molecule is CCCCOC(=O)C(CCc1ccccc1)NC1CSC(c2ccsc2)CN(CC(=O)O)C1=O. The maximum absolute atomic E-state index is 13.3. The monoisotopic (exact) mass is 504 g/mol. The molecule has 7 nitrogen and oxygen atoms in total. The van der Waals surface area contributed by atoms with Crippen LogP contribution in [0.15, 0.2) is 47.2 Å². The second-order valence-corrected chi connectivity index (χ2v) is 10.3. The summed E-state index contributed by atoms with van der Waals surface area (Å²) in [4.78, 5) is 39.1. The van der Waals surface area contributed by atoms with Crippen LogP contribution in [0.1, 0.15) is 42.6 Å². The summed E-state index contributed by atoms with van der Waals surface area (Å²) in [5.74, 6) is -1.27. The minimum Gasteiger partial charge on any atom is -0.480 e. The number of unbranched alkanes of at least 4 members (excludes halogenated alkanes) is 1. The van der Waals surface area contributed by atoms with Crippen LogP contribution < -0.4 is 5.32 Å². The van der Waals surface area contributed by atoms with E-state index in [0.717, 1.165) is 24.0 Å². The molecule has 1 amide bonds. The van der Waals surface area contributed by atoms with Gasteiger partial charge in [0, 0.05) is 17.5 Å². The van der Waals surface area contributed by atoms with E-state index in [1.54, 1.807) is 23.1 Å². The van der Waals surface area contributed by atoms with Gasteiger partial charge in [-0.3, -0.25) is 19.7 Å². The van der Waals surface area contributed by atoms with Crippen molar-refractivity contribution in [3.8, 4) is 0 Å². The van der Waals surface area contributed by atoms with Crippen LogP contribution in [0.2, 0.25) is 0 Å². The van der Waals surface area contributed by atoms with Crippen molar-refractivity contribution in [1.29, 1.82) is 0 Å². The van der Waals surface area contributed by atoms with Crippen LogP contribution in [0, 0.1) is 0 Å². The highest BCUT2D eigenvalue weighted by atomic mass is 32.2. The van der Waals surface area contributed by atoms with Gasteiger partial charge in [0.05, 0.1) is 12.6 Å². The number of carbonyl (C=O) groups is 3. The lowest BCUT2D eigenvalue weighted by Crippen LogP contribution is -2.53. The number of benzene rings is 1. The van der Waals surface area contributed by atoms with Crippen molar-refractivity contribution in [2.45, 2.75) is 49.9 Å². The molecule has 3 atom stereocenters. The first kappa shape index (κ1) is 26.2. The molecule has 3 unspecified atom stereocenters. The van der Waals surface area contributed by atoms with E-state index < -0.39 is 18.1 Å². The molecule has 1 aliphatic heterocycles. The molecule has 1 aromatic carbocycles. The number of carboxylic acid groups (broad SMARTS) is 1. The second kappa shape index (κ2) is 13.5. The molecule has 34 heavy (non-hydrogen) atoms. The molecule has 184 valence electrons. The summed E-state index contributed by atoms with van der Waals surface area (Å²) in [6.45, 7) is 2.33. The summed E-state index contributed by atoms with van der Waals surface area (Å²) in [5.41, 5.74) is 2.18. The molecular weight excluding hydrogens is 472 g/mol. The first-order valence-corrected chi connectivity index (χ1v) is 13.6. The van der Waals surface area contributed by atoms with Gasteiger partial charge in [-0.05, 0) is 47.2 Å². The average molecular weight is 505 g/mol. The molecule has 0 radical (unpaired) electrons. The van der Waals surface area contributed by atoms with Gasteiger partial charge in [0.15, 0.2) is 0 Å². The Morgan fingerprint density at radius 1 is 1.26 bits per heavy atom. The van der Waals surface area contributed by atoms with Crippen LogP contribution >= 0.6 is 23.1 Å². The molecule has 2 aromatic rings. The Morgan fingerprint density at radius 2 is 2.06 bits per heavy atom. The normalized spacial score (nSPS) is 19.4. The van der Waals surface area contributed by atoms with Gasteiger partial charge in [0.1, 0.15) is 12.6 Å². The molecule has 1 aromatic heterocycles. The van der Waals surface area contributed by atoms with Crippen LogP contribution in [0.25, 0.3) is 0 Å². The van der Waals surface area contributed by atoms with E-state index in [9.17, 15) is 19.5 Å². The average Bonchev–Trinajstić information content (AvgIpc) is 3.32. The summed E-state index contributed by atoms with van der Waals surface area (Å²) >= 11 is 3.19. The third kappa shape index (κ3) is 7.85. The number of hydrogen-bond donors (Lipinski definition) is 2. The number of carbonyl (C=O) groups excluding carboxylic acids is 2. The Hall–Kier alpha value is -2.36. The van der Waals surface area contributed by atoms with Crippen LogP contribution in [-0.4, -0.2) is 65.4 Å². The van der Waals surface area contributed by atoms with Gasteiger partial charge >= 0.3 is 11.9 Å². The standard InChI is InChI=1S/C25H32N2O5S2/c1-2-3-12-32-25(31)20(10-9-18-7-5-4-6-8-18)26-21-17-34-22(19-11-13-33-16-19)14-27(24(21)30)15-23(28)29/h4-8,11,13,16,20-22,26H,2-3,9-10,12,14-15,17H2,1H3,(H,28,29). The zero-order valence-electron chi connectivity index (χ0n) is 19.4. The lowest BCUT2D eigenvalue weighted by molar-refractivity contribution is -0.148. The van der Waals surface area contributed by atoms with Crippen molar-refractivity contribution in [2.24, 2.45) is 0 Å². The molecule has 0 saturated carbocycles. The van der Waals surface area contributed by atoms with E-state index >= 15 is 0 Å². The Labute approximate surface area is 208 Å². The number of amides is 1. The first-order valence-electron chi connectivity index (χ1n) is 11.6. The number of ether oxygens (including phenoxy) is 1. The molecule has 0 spiro atoms. The fourth-order valence-electron chi connectivity index (χ4n) is 3.82. The number of thioether (sulfide) groups is 1. The minimum absolute atomic E-state index is 0.0133. The number of carboxylic acids is 1. The van der Waals surface area contributed by atoms with Crippen LogP contribution in [0.3, 0.4) is 0 Å². The number of thiophene rings is 1. The molecule has 1 fully saturated rings. The van der Waals surface area contributed by atoms with Crippen molar-refractivity contribution >= 4 is 40.9 Å². The number of esters is 1. The van der Waals surface area contributed by atoms with Crippen molar-refractivity contribution in [3.63, 3.8) is 0 Å². The van der Waals surface area contributed by atoms with Crippen molar-refractivity contribution < 1.29 is 24.2 Å². The van der Waals surface area contributed by atoms with E-state index in [4.69, 9.17) is 4.74 Å². The van der Waals surface area contributed by atoms with Gasteiger partial charge in [-0.25, -0.2) is 0 Å². The Morgan fingerprint density at radius 3 is 2.74 bits per heavy atom. The van der Waals surface area contributed by atoms with Gasteiger partial charge in [-0.15, -0.1) is 11.8 Å². The summed E-state index contributed by atoms with van der Waals surface area (Å²) < 4.78 is 5.49. The highest BCUT2D eigenvalue weighted by Crippen LogP contribution is 2.34.